The van der Waals surface area contributed by atoms with Crippen molar-refractivity contribution in [2.24, 2.45) is 0 Å². The van der Waals surface area contributed by atoms with Crippen LogP contribution < -0.4 is 5.32 Å². The number of piperidine rings is 1. The lowest BCUT2D eigenvalue weighted by Crippen LogP contribution is -2.35. The predicted octanol–water partition coefficient (Wildman–Crippen LogP) is 2.65. The van der Waals surface area contributed by atoms with Crippen molar-refractivity contribution < 1.29 is 22.7 Å². The van der Waals surface area contributed by atoms with Crippen LogP contribution >= 0.6 is 0 Å². The SMILES string of the molecule is CC(NC(=O)c1ccc(S(=O)(=O)N2CCCCC2)o1)c1cccc(O)c1. The fourth-order valence-corrected chi connectivity index (χ4v) is 4.39. The molecule has 140 valence electrons. The molecule has 1 saturated heterocycles. The van der Waals surface area contributed by atoms with Gasteiger partial charge >= 0.3 is 0 Å². The molecule has 0 bridgehead atoms. The van der Waals surface area contributed by atoms with E-state index in [-0.39, 0.29) is 22.6 Å². The molecule has 8 heteroatoms. The molecule has 1 amide bonds. The summed E-state index contributed by atoms with van der Waals surface area (Å²) in [6.07, 6.45) is 2.67. The van der Waals surface area contributed by atoms with E-state index < -0.39 is 15.9 Å². The van der Waals surface area contributed by atoms with Crippen LogP contribution in [-0.4, -0.2) is 36.8 Å². The number of amides is 1. The third-order valence-electron chi connectivity index (χ3n) is 4.43. The molecule has 1 aliphatic heterocycles. The monoisotopic (exact) mass is 378 g/mol. The number of nitrogens with one attached hydrogen (secondary N) is 1. The van der Waals surface area contributed by atoms with Crippen LogP contribution in [0.5, 0.6) is 5.75 Å². The number of hydrogen-bond donors (Lipinski definition) is 2. The normalized spacial score (nSPS) is 17.0. The second-order valence-corrected chi connectivity index (χ2v) is 8.24. The predicted molar refractivity (Wildman–Crippen MR) is 95.3 cm³/mol. The molecule has 0 spiro atoms. The average molecular weight is 378 g/mol. The summed E-state index contributed by atoms with van der Waals surface area (Å²) in [5.41, 5.74) is 0.728. The highest BCUT2D eigenvalue weighted by atomic mass is 32.2. The fourth-order valence-electron chi connectivity index (χ4n) is 2.96. The van der Waals surface area contributed by atoms with Gasteiger partial charge in [-0.1, -0.05) is 18.6 Å². The summed E-state index contributed by atoms with van der Waals surface area (Å²) in [6.45, 7) is 2.71. The molecular formula is C18H22N2O5S. The van der Waals surface area contributed by atoms with Gasteiger partial charge in [-0.25, -0.2) is 8.42 Å². The molecule has 1 fully saturated rings. The van der Waals surface area contributed by atoms with Crippen LogP contribution in [0.2, 0.25) is 0 Å². The van der Waals surface area contributed by atoms with E-state index in [2.05, 4.69) is 5.32 Å². The van der Waals surface area contributed by atoms with E-state index in [0.717, 1.165) is 24.8 Å². The Kier molecular flexibility index (Phi) is 5.33. The third-order valence-corrected chi connectivity index (χ3v) is 6.21. The maximum Gasteiger partial charge on any atom is 0.287 e. The highest BCUT2D eigenvalue weighted by Crippen LogP contribution is 2.23. The number of furan rings is 1. The zero-order valence-electron chi connectivity index (χ0n) is 14.5. The van der Waals surface area contributed by atoms with Gasteiger partial charge in [0.1, 0.15) is 5.75 Å². The van der Waals surface area contributed by atoms with Crippen molar-refractivity contribution in [2.75, 3.05) is 13.1 Å². The van der Waals surface area contributed by atoms with Crippen LogP contribution in [0.1, 0.15) is 48.3 Å². The summed E-state index contributed by atoms with van der Waals surface area (Å²) in [5, 5.41) is 12.0. The lowest BCUT2D eigenvalue weighted by Gasteiger charge is -2.24. The Hall–Kier alpha value is -2.32. The van der Waals surface area contributed by atoms with Crippen LogP contribution in [-0.2, 0) is 10.0 Å². The van der Waals surface area contributed by atoms with Gasteiger partial charge in [-0.05, 0) is 49.6 Å². The molecule has 2 heterocycles. The van der Waals surface area contributed by atoms with Gasteiger partial charge in [-0.3, -0.25) is 4.79 Å². The Morgan fingerprint density at radius 2 is 1.92 bits per heavy atom. The zero-order valence-corrected chi connectivity index (χ0v) is 15.3. The molecular weight excluding hydrogens is 356 g/mol. The molecule has 2 N–H and O–H groups in total. The molecule has 0 radical (unpaired) electrons. The van der Waals surface area contributed by atoms with Crippen LogP contribution in [0.4, 0.5) is 0 Å². The highest BCUT2D eigenvalue weighted by molar-refractivity contribution is 7.89. The standard InChI is InChI=1S/C18H22N2O5S/c1-13(14-6-5-7-15(21)12-14)19-18(22)16-8-9-17(25-16)26(23,24)20-10-3-2-4-11-20/h5-9,12-13,21H,2-4,10-11H2,1H3,(H,19,22). The minimum absolute atomic E-state index is 0.0624. The summed E-state index contributed by atoms with van der Waals surface area (Å²) in [7, 11) is -3.71. The molecule has 3 rings (SSSR count). The molecule has 26 heavy (non-hydrogen) atoms. The van der Waals surface area contributed by atoms with E-state index in [9.17, 15) is 18.3 Å². The van der Waals surface area contributed by atoms with Crippen LogP contribution in [0.3, 0.4) is 0 Å². The second-order valence-electron chi connectivity index (χ2n) is 6.37. The zero-order chi connectivity index (χ0) is 18.7. The van der Waals surface area contributed by atoms with Gasteiger partial charge in [-0.15, -0.1) is 0 Å². The first kappa shape index (κ1) is 18.5. The highest BCUT2D eigenvalue weighted by Gasteiger charge is 2.29. The second kappa shape index (κ2) is 7.51. The maximum absolute atomic E-state index is 12.6. The molecule has 1 aromatic heterocycles. The quantitative estimate of drug-likeness (QED) is 0.833. The van der Waals surface area contributed by atoms with E-state index in [1.807, 2.05) is 0 Å². The Morgan fingerprint density at radius 1 is 1.19 bits per heavy atom. The topological polar surface area (TPSA) is 99.9 Å². The molecule has 1 aromatic carbocycles. The van der Waals surface area contributed by atoms with E-state index in [1.165, 1.54) is 16.4 Å². The number of carbonyl (C=O) groups excluding carboxylic acids is 1. The smallest absolute Gasteiger partial charge is 0.287 e. The van der Waals surface area contributed by atoms with E-state index in [1.54, 1.807) is 31.2 Å². The van der Waals surface area contributed by atoms with Crippen LogP contribution in [0, 0.1) is 0 Å². The Balaban J connectivity index is 1.71. The minimum atomic E-state index is -3.71. The number of phenolic OH excluding ortho intramolecular Hbond substituents is 1. The fraction of sp³-hybridized carbons (Fsp3) is 0.389. The average Bonchev–Trinajstić information content (AvgIpc) is 3.13. The summed E-state index contributed by atoms with van der Waals surface area (Å²) in [6, 6.07) is 8.87. The molecule has 1 unspecified atom stereocenters. The van der Waals surface area contributed by atoms with Gasteiger partial charge in [0.2, 0.25) is 5.09 Å². The van der Waals surface area contributed by atoms with Crippen molar-refractivity contribution in [3.05, 3.63) is 47.7 Å². The lowest BCUT2D eigenvalue weighted by molar-refractivity contribution is 0.0906. The molecule has 0 aliphatic carbocycles. The van der Waals surface area contributed by atoms with Crippen molar-refractivity contribution in [2.45, 2.75) is 37.3 Å². The van der Waals surface area contributed by atoms with E-state index >= 15 is 0 Å². The summed E-state index contributed by atoms with van der Waals surface area (Å²) < 4.78 is 31.9. The summed E-state index contributed by atoms with van der Waals surface area (Å²) >= 11 is 0. The van der Waals surface area contributed by atoms with Crippen molar-refractivity contribution >= 4 is 15.9 Å². The molecule has 7 nitrogen and oxygen atoms in total. The first-order valence-electron chi connectivity index (χ1n) is 8.58. The van der Waals surface area contributed by atoms with Gasteiger partial charge in [0.15, 0.2) is 5.76 Å². The summed E-state index contributed by atoms with van der Waals surface area (Å²) in [4.78, 5) is 12.4. The van der Waals surface area contributed by atoms with Gasteiger partial charge in [0, 0.05) is 13.1 Å². The first-order valence-corrected chi connectivity index (χ1v) is 10.0. The number of hydrogen-bond acceptors (Lipinski definition) is 5. The van der Waals surface area contributed by atoms with Crippen molar-refractivity contribution in [3.8, 4) is 5.75 Å². The number of sulfonamides is 1. The number of benzene rings is 1. The third kappa shape index (κ3) is 3.91. The van der Waals surface area contributed by atoms with Gasteiger partial charge in [-0.2, -0.15) is 4.31 Å². The van der Waals surface area contributed by atoms with Crippen LogP contribution in [0.25, 0.3) is 0 Å². The summed E-state index contributed by atoms with van der Waals surface area (Å²) in [5.74, 6) is -0.468. The van der Waals surface area contributed by atoms with Gasteiger partial charge in [0.25, 0.3) is 15.9 Å². The Bertz CT molecular complexity index is 884. The maximum atomic E-state index is 12.6. The van der Waals surface area contributed by atoms with Gasteiger partial charge < -0.3 is 14.8 Å². The molecule has 0 saturated carbocycles. The number of aromatic hydroxyl groups is 1. The van der Waals surface area contributed by atoms with Crippen molar-refractivity contribution in [3.63, 3.8) is 0 Å². The molecule has 2 aromatic rings. The number of nitrogens with zero attached hydrogens (tertiary/aromatic N) is 1. The van der Waals surface area contributed by atoms with E-state index in [4.69, 9.17) is 4.42 Å². The Labute approximate surface area is 152 Å². The Morgan fingerprint density at radius 3 is 2.62 bits per heavy atom. The van der Waals surface area contributed by atoms with Gasteiger partial charge in [0.05, 0.1) is 6.04 Å². The first-order chi connectivity index (χ1) is 12.4. The van der Waals surface area contributed by atoms with Crippen LogP contribution in [0.15, 0.2) is 45.9 Å². The largest absolute Gasteiger partial charge is 0.508 e. The number of phenols is 1. The molecule has 1 atom stereocenters. The number of carbonyl (C=O) groups is 1. The molecule has 1 aliphatic rings. The number of rotatable bonds is 5. The van der Waals surface area contributed by atoms with Crippen molar-refractivity contribution in [1.29, 1.82) is 0 Å². The lowest BCUT2D eigenvalue weighted by atomic mass is 10.1. The minimum Gasteiger partial charge on any atom is -0.508 e. The van der Waals surface area contributed by atoms with Crippen molar-refractivity contribution in [1.82, 2.24) is 9.62 Å². The van der Waals surface area contributed by atoms with E-state index in [0.29, 0.717) is 13.1 Å².